The smallest absolute Gasteiger partial charge is 0.449 e. The minimum atomic E-state index is -5.89. The average Bonchev–Trinajstić information content (AvgIpc) is 2.78. The molecule has 0 saturated carbocycles. The second-order valence-corrected chi connectivity index (χ2v) is 6.70. The molecule has 0 aromatic heterocycles. The first-order chi connectivity index (χ1) is 16.2. The standard InChI is InChI=1S/C21H18F7N3O4/c1-3-35-18(33)19(21(26,27)28,30-16(32)12-4-10-15(34-2)11-5-12)31-17(20(23,24)25)29-14-8-6-13(22)7-9-14/h4-11H,3H2,1-2H3,(H,29,31)(H,30,32)/t19-/m0/s1. The van der Waals surface area contributed by atoms with Gasteiger partial charge in [-0.2, -0.15) is 26.3 Å². The number of amidine groups is 1. The lowest BCUT2D eigenvalue weighted by Gasteiger charge is -2.31. The fourth-order valence-corrected chi connectivity index (χ4v) is 2.59. The van der Waals surface area contributed by atoms with Crippen molar-refractivity contribution >= 4 is 23.4 Å². The number of methoxy groups -OCH3 is 1. The number of aliphatic imine (C=N–C) groups is 1. The summed E-state index contributed by atoms with van der Waals surface area (Å²) in [5.74, 6) is -6.79. The molecule has 2 aromatic rings. The molecule has 2 N–H and O–H groups in total. The molecule has 0 aliphatic rings. The largest absolute Gasteiger partial charge is 0.497 e. The van der Waals surface area contributed by atoms with Gasteiger partial charge in [0.05, 0.1) is 13.7 Å². The van der Waals surface area contributed by atoms with Gasteiger partial charge in [0, 0.05) is 11.3 Å². The number of halogens is 7. The van der Waals surface area contributed by atoms with E-state index in [2.05, 4.69) is 9.73 Å². The molecule has 0 spiro atoms. The number of benzene rings is 2. The second-order valence-electron chi connectivity index (χ2n) is 6.70. The van der Waals surface area contributed by atoms with Gasteiger partial charge in [-0.05, 0) is 55.5 Å². The molecule has 0 aliphatic carbocycles. The highest BCUT2D eigenvalue weighted by molar-refractivity contribution is 6.03. The first kappa shape index (κ1) is 27.4. The highest BCUT2D eigenvalue weighted by Gasteiger charge is 2.65. The number of ether oxygens (including phenoxy) is 2. The van der Waals surface area contributed by atoms with E-state index in [0.29, 0.717) is 0 Å². The molecule has 35 heavy (non-hydrogen) atoms. The van der Waals surface area contributed by atoms with Gasteiger partial charge in [-0.3, -0.25) is 4.79 Å². The summed E-state index contributed by atoms with van der Waals surface area (Å²) in [5, 5.41) is 2.82. The zero-order valence-corrected chi connectivity index (χ0v) is 18.1. The summed E-state index contributed by atoms with van der Waals surface area (Å²) in [6, 6.07) is 7.52. The normalized spacial score (nSPS) is 14.0. The molecule has 1 atom stereocenters. The quantitative estimate of drug-likeness (QED) is 0.249. The number of nitrogens with one attached hydrogen (secondary N) is 2. The van der Waals surface area contributed by atoms with Crippen LogP contribution in [0.2, 0.25) is 0 Å². The first-order valence-electron chi connectivity index (χ1n) is 9.63. The minimum absolute atomic E-state index is 0.231. The van der Waals surface area contributed by atoms with Crippen molar-refractivity contribution in [3.05, 3.63) is 59.9 Å². The zero-order chi connectivity index (χ0) is 26.4. The van der Waals surface area contributed by atoms with Gasteiger partial charge in [0.2, 0.25) is 5.84 Å². The van der Waals surface area contributed by atoms with Gasteiger partial charge in [0.25, 0.3) is 5.91 Å². The zero-order valence-electron chi connectivity index (χ0n) is 18.1. The van der Waals surface area contributed by atoms with Crippen LogP contribution in [0.3, 0.4) is 0 Å². The lowest BCUT2D eigenvalue weighted by molar-refractivity contribution is -0.209. The van der Waals surface area contributed by atoms with Gasteiger partial charge in [0.1, 0.15) is 11.6 Å². The van der Waals surface area contributed by atoms with Crippen LogP contribution in [0.4, 0.5) is 36.4 Å². The monoisotopic (exact) mass is 509 g/mol. The Morgan fingerprint density at radius 1 is 0.943 bits per heavy atom. The van der Waals surface area contributed by atoms with Crippen molar-refractivity contribution < 1.29 is 49.8 Å². The van der Waals surface area contributed by atoms with Crippen molar-refractivity contribution in [1.82, 2.24) is 5.32 Å². The molecule has 2 rings (SSSR count). The van der Waals surface area contributed by atoms with E-state index in [-0.39, 0.29) is 5.75 Å². The molecule has 0 fully saturated rings. The maximum atomic E-state index is 14.2. The Morgan fingerprint density at radius 2 is 1.51 bits per heavy atom. The topological polar surface area (TPSA) is 89.0 Å². The maximum Gasteiger partial charge on any atom is 0.449 e. The number of anilines is 1. The highest BCUT2D eigenvalue weighted by Crippen LogP contribution is 2.35. The first-order valence-corrected chi connectivity index (χ1v) is 9.63. The Bertz CT molecular complexity index is 1070. The van der Waals surface area contributed by atoms with Gasteiger partial charge in [-0.25, -0.2) is 14.2 Å². The SMILES string of the molecule is CCOC(=O)[C@@](N=C(Nc1ccc(F)cc1)C(F)(F)F)(NC(=O)c1ccc(OC)cc1)C(F)(F)F. The Hall–Kier alpha value is -3.84. The third kappa shape index (κ3) is 6.61. The number of rotatable bonds is 7. The average molecular weight is 509 g/mol. The molecule has 1 amide bonds. The predicted molar refractivity (Wildman–Crippen MR) is 109 cm³/mol. The Labute approximate surface area is 193 Å². The van der Waals surface area contributed by atoms with Gasteiger partial charge in [-0.1, -0.05) is 0 Å². The molecule has 0 radical (unpaired) electrons. The number of amides is 1. The summed E-state index contributed by atoms with van der Waals surface area (Å²) in [5.41, 5.74) is -5.43. The number of esters is 1. The molecule has 0 heterocycles. The van der Waals surface area contributed by atoms with Crippen molar-refractivity contribution in [1.29, 1.82) is 0 Å². The number of carbonyl (C=O) groups is 2. The van der Waals surface area contributed by atoms with Crippen molar-refractivity contribution in [3.63, 3.8) is 0 Å². The fourth-order valence-electron chi connectivity index (χ4n) is 2.59. The van der Waals surface area contributed by atoms with E-state index in [1.54, 1.807) is 5.32 Å². The number of nitrogens with zero attached hydrogens (tertiary/aromatic N) is 1. The lowest BCUT2D eigenvalue weighted by Crippen LogP contribution is -2.64. The van der Waals surface area contributed by atoms with E-state index in [9.17, 15) is 40.3 Å². The lowest BCUT2D eigenvalue weighted by atomic mass is 10.1. The Kier molecular flexibility index (Phi) is 8.31. The molecule has 190 valence electrons. The summed E-state index contributed by atoms with van der Waals surface area (Å²) in [6.45, 7) is 0.437. The van der Waals surface area contributed by atoms with E-state index in [1.807, 2.05) is 0 Å². The van der Waals surface area contributed by atoms with Crippen LogP contribution in [-0.4, -0.2) is 49.4 Å². The van der Waals surface area contributed by atoms with Gasteiger partial charge >= 0.3 is 24.0 Å². The van der Waals surface area contributed by atoms with Crippen molar-refractivity contribution in [2.45, 2.75) is 24.9 Å². The summed E-state index contributed by atoms with van der Waals surface area (Å²) in [4.78, 5) is 27.6. The molecule has 0 aliphatic heterocycles. The van der Waals surface area contributed by atoms with E-state index in [0.717, 1.165) is 43.3 Å². The summed E-state index contributed by atoms with van der Waals surface area (Å²) in [6.07, 6.45) is -11.5. The molecule has 2 aromatic carbocycles. The maximum absolute atomic E-state index is 14.2. The van der Waals surface area contributed by atoms with Crippen molar-refractivity contribution in [2.24, 2.45) is 4.99 Å². The van der Waals surface area contributed by atoms with E-state index in [4.69, 9.17) is 4.74 Å². The summed E-state index contributed by atoms with van der Waals surface area (Å²) >= 11 is 0. The van der Waals surface area contributed by atoms with Crippen molar-refractivity contribution in [3.8, 4) is 5.75 Å². The van der Waals surface area contributed by atoms with Gasteiger partial charge in [0.15, 0.2) is 0 Å². The minimum Gasteiger partial charge on any atom is -0.497 e. The molecule has 0 unspecified atom stereocenters. The summed E-state index contributed by atoms with van der Waals surface area (Å²) < 4.78 is 106. The van der Waals surface area contributed by atoms with Crippen LogP contribution in [0.5, 0.6) is 5.75 Å². The highest BCUT2D eigenvalue weighted by atomic mass is 19.4. The summed E-state index contributed by atoms with van der Waals surface area (Å²) in [7, 11) is 1.28. The van der Waals surface area contributed by atoms with Gasteiger partial charge < -0.3 is 20.1 Å². The van der Waals surface area contributed by atoms with Crippen LogP contribution in [0.25, 0.3) is 0 Å². The number of hydrogen-bond donors (Lipinski definition) is 2. The number of alkyl halides is 6. The molecule has 7 nitrogen and oxygen atoms in total. The van der Waals surface area contributed by atoms with Crippen LogP contribution in [-0.2, 0) is 9.53 Å². The molecular weight excluding hydrogens is 491 g/mol. The number of carbonyl (C=O) groups excluding carboxylic acids is 2. The second kappa shape index (κ2) is 10.6. The van der Waals surface area contributed by atoms with Crippen LogP contribution >= 0.6 is 0 Å². The number of hydrogen-bond acceptors (Lipinski definition) is 5. The van der Waals surface area contributed by atoms with E-state index < -0.39 is 59.4 Å². The van der Waals surface area contributed by atoms with Crippen molar-refractivity contribution in [2.75, 3.05) is 19.0 Å². The fraction of sp³-hybridized carbons (Fsp3) is 0.286. The van der Waals surface area contributed by atoms with Crippen LogP contribution in [0.15, 0.2) is 53.5 Å². The third-order valence-electron chi connectivity index (χ3n) is 4.28. The Balaban J connectivity index is 2.66. The third-order valence-corrected chi connectivity index (χ3v) is 4.28. The van der Waals surface area contributed by atoms with E-state index >= 15 is 0 Å². The molecule has 0 bridgehead atoms. The van der Waals surface area contributed by atoms with Crippen LogP contribution < -0.4 is 15.4 Å². The Morgan fingerprint density at radius 3 is 1.97 bits per heavy atom. The predicted octanol–water partition coefficient (Wildman–Crippen LogP) is 4.46. The molecular formula is C21H18F7N3O4. The van der Waals surface area contributed by atoms with Gasteiger partial charge in [-0.15, -0.1) is 0 Å². The van der Waals surface area contributed by atoms with E-state index in [1.165, 1.54) is 24.6 Å². The van der Waals surface area contributed by atoms with Crippen LogP contribution in [0, 0.1) is 5.82 Å². The molecule has 14 heteroatoms. The molecule has 0 saturated heterocycles. The van der Waals surface area contributed by atoms with Crippen LogP contribution in [0.1, 0.15) is 17.3 Å².